The molecule has 0 unspecified atom stereocenters. The molecule has 3 aromatic carbocycles. The highest BCUT2D eigenvalue weighted by molar-refractivity contribution is 7.92. The van der Waals surface area contributed by atoms with E-state index in [1.807, 2.05) is 0 Å². The predicted molar refractivity (Wildman–Crippen MR) is 139 cm³/mol. The summed E-state index contributed by atoms with van der Waals surface area (Å²) in [7, 11) is -1.16. The van der Waals surface area contributed by atoms with Gasteiger partial charge in [0.25, 0.3) is 10.0 Å². The fourth-order valence-electron chi connectivity index (χ4n) is 3.58. The first-order valence-electron chi connectivity index (χ1n) is 11.1. The van der Waals surface area contributed by atoms with Crippen molar-refractivity contribution in [1.29, 1.82) is 0 Å². The second-order valence-electron chi connectivity index (χ2n) is 7.96. The van der Waals surface area contributed by atoms with Crippen LogP contribution < -0.4 is 14.4 Å². The lowest BCUT2D eigenvalue weighted by atomic mass is 10.1. The average molecular weight is 530 g/mol. The van der Waals surface area contributed by atoms with E-state index in [9.17, 15) is 18.0 Å². The zero-order valence-corrected chi connectivity index (χ0v) is 21.8. The summed E-state index contributed by atoms with van der Waals surface area (Å²) in [6, 6.07) is 20.3. The lowest BCUT2D eigenvalue weighted by molar-refractivity contribution is -0.139. The number of ether oxygens (including phenoxy) is 1. The number of carbonyl (C=O) groups excluding carboxylic acids is 2. The number of nitrogens with one attached hydrogen (secondary N) is 1. The summed E-state index contributed by atoms with van der Waals surface area (Å²) < 4.78 is 33.5. The van der Waals surface area contributed by atoms with Crippen LogP contribution >= 0.6 is 11.6 Å². The molecule has 8 nitrogen and oxygen atoms in total. The molecule has 36 heavy (non-hydrogen) atoms. The number of carbonyl (C=O) groups is 2. The molecule has 0 saturated heterocycles. The molecule has 0 heterocycles. The maximum atomic E-state index is 13.7. The van der Waals surface area contributed by atoms with Gasteiger partial charge >= 0.3 is 0 Å². The molecule has 0 fully saturated rings. The molecular formula is C26H28ClN3O5S. The van der Waals surface area contributed by atoms with Gasteiger partial charge in [0.15, 0.2) is 0 Å². The highest BCUT2D eigenvalue weighted by Crippen LogP contribution is 2.26. The number of likely N-dealkylation sites (N-methyl/N-ethyl adjacent to an activating group) is 1. The van der Waals surface area contributed by atoms with Crippen molar-refractivity contribution in [1.82, 2.24) is 10.2 Å². The van der Waals surface area contributed by atoms with Gasteiger partial charge in [0.1, 0.15) is 18.3 Å². The van der Waals surface area contributed by atoms with Gasteiger partial charge in [-0.1, -0.05) is 41.9 Å². The summed E-state index contributed by atoms with van der Waals surface area (Å²) in [6.45, 7) is 1.18. The molecule has 10 heteroatoms. The zero-order chi connectivity index (χ0) is 26.3. The Kier molecular flexibility index (Phi) is 8.95. The van der Waals surface area contributed by atoms with Gasteiger partial charge in [-0.3, -0.25) is 13.9 Å². The van der Waals surface area contributed by atoms with E-state index >= 15 is 0 Å². The third-order valence-corrected chi connectivity index (χ3v) is 7.69. The SMILES string of the molecule is CNC(=O)[C@@H](C)N(Cc1ccc(Cl)cc1)C(=O)CN(c1ccccc1)S(=O)(=O)c1ccc(OC)cc1. The number of rotatable bonds is 10. The summed E-state index contributed by atoms with van der Waals surface area (Å²) in [6.07, 6.45) is 0. The van der Waals surface area contributed by atoms with E-state index in [4.69, 9.17) is 16.3 Å². The minimum Gasteiger partial charge on any atom is -0.497 e. The van der Waals surface area contributed by atoms with Crippen molar-refractivity contribution >= 4 is 39.1 Å². The fraction of sp³-hybridized carbons (Fsp3) is 0.231. The van der Waals surface area contributed by atoms with Crippen molar-refractivity contribution in [2.24, 2.45) is 0 Å². The van der Waals surface area contributed by atoms with Crippen molar-refractivity contribution in [2.75, 3.05) is 25.0 Å². The molecule has 0 aromatic heterocycles. The Morgan fingerprint density at radius 3 is 2.14 bits per heavy atom. The van der Waals surface area contributed by atoms with Crippen molar-refractivity contribution in [3.05, 3.63) is 89.4 Å². The van der Waals surface area contributed by atoms with Gasteiger partial charge in [-0.05, 0) is 61.0 Å². The minimum absolute atomic E-state index is 0.00329. The third-order valence-electron chi connectivity index (χ3n) is 5.65. The van der Waals surface area contributed by atoms with Gasteiger partial charge in [-0.25, -0.2) is 8.42 Å². The molecular weight excluding hydrogens is 502 g/mol. The number of methoxy groups -OCH3 is 1. The van der Waals surface area contributed by atoms with Crippen LogP contribution in [0, 0.1) is 0 Å². The monoisotopic (exact) mass is 529 g/mol. The van der Waals surface area contributed by atoms with E-state index in [1.165, 1.54) is 31.2 Å². The third kappa shape index (κ3) is 6.35. The molecule has 0 radical (unpaired) electrons. The molecule has 1 atom stereocenters. The van der Waals surface area contributed by atoms with E-state index in [2.05, 4.69) is 5.32 Å². The van der Waals surface area contributed by atoms with Crippen LogP contribution in [0.15, 0.2) is 83.8 Å². The lowest BCUT2D eigenvalue weighted by Gasteiger charge is -2.31. The van der Waals surface area contributed by atoms with Crippen LogP contribution in [0.4, 0.5) is 5.69 Å². The Labute approximate surface area is 216 Å². The van der Waals surface area contributed by atoms with Crippen LogP contribution in [0.25, 0.3) is 0 Å². The Morgan fingerprint density at radius 1 is 0.972 bits per heavy atom. The second kappa shape index (κ2) is 11.9. The van der Waals surface area contributed by atoms with E-state index < -0.39 is 28.5 Å². The molecule has 3 aromatic rings. The van der Waals surface area contributed by atoms with Gasteiger partial charge in [0, 0.05) is 18.6 Å². The molecule has 0 aliphatic rings. The van der Waals surface area contributed by atoms with Gasteiger partial charge in [0.2, 0.25) is 11.8 Å². The van der Waals surface area contributed by atoms with E-state index in [0.717, 1.165) is 9.87 Å². The van der Waals surface area contributed by atoms with Crippen molar-refractivity contribution in [2.45, 2.75) is 24.4 Å². The number of amides is 2. The van der Waals surface area contributed by atoms with E-state index in [0.29, 0.717) is 16.5 Å². The maximum Gasteiger partial charge on any atom is 0.264 e. The summed E-state index contributed by atoms with van der Waals surface area (Å²) in [5, 5.41) is 3.09. The summed E-state index contributed by atoms with van der Waals surface area (Å²) in [5.74, 6) is -0.409. The molecule has 0 spiro atoms. The first-order chi connectivity index (χ1) is 17.2. The topological polar surface area (TPSA) is 96.0 Å². The smallest absolute Gasteiger partial charge is 0.264 e. The zero-order valence-electron chi connectivity index (χ0n) is 20.2. The van der Waals surface area contributed by atoms with Crippen LogP contribution in [-0.4, -0.2) is 51.9 Å². The molecule has 0 aliphatic carbocycles. The molecule has 2 amide bonds. The quantitative estimate of drug-likeness (QED) is 0.432. The molecule has 0 saturated carbocycles. The first kappa shape index (κ1) is 27.0. The van der Waals surface area contributed by atoms with Crippen LogP contribution in [0.3, 0.4) is 0 Å². The van der Waals surface area contributed by atoms with E-state index in [-0.39, 0.29) is 17.3 Å². The number of halogens is 1. The number of para-hydroxylation sites is 1. The van der Waals surface area contributed by atoms with Gasteiger partial charge < -0.3 is 15.0 Å². The lowest BCUT2D eigenvalue weighted by Crippen LogP contribution is -2.50. The van der Waals surface area contributed by atoms with Crippen LogP contribution in [0.5, 0.6) is 5.75 Å². The maximum absolute atomic E-state index is 13.7. The second-order valence-corrected chi connectivity index (χ2v) is 10.3. The Hall–Kier alpha value is -3.56. The Morgan fingerprint density at radius 2 is 1.58 bits per heavy atom. The number of sulfonamides is 1. The molecule has 3 rings (SSSR count). The Bertz CT molecular complexity index is 1280. The highest BCUT2D eigenvalue weighted by atomic mass is 35.5. The van der Waals surface area contributed by atoms with Gasteiger partial charge in [-0.2, -0.15) is 0 Å². The molecule has 190 valence electrons. The van der Waals surface area contributed by atoms with Crippen LogP contribution in [0.2, 0.25) is 5.02 Å². The standard InChI is InChI=1S/C26H28ClN3O5S/c1-19(26(32)28-2)29(17-20-9-11-21(27)12-10-20)25(31)18-30(22-7-5-4-6-8-22)36(33,34)24-15-13-23(35-3)14-16-24/h4-16,19H,17-18H2,1-3H3,(H,28,32)/t19-/m1/s1. The number of anilines is 1. The van der Waals surface area contributed by atoms with Crippen molar-refractivity contribution < 1.29 is 22.7 Å². The average Bonchev–Trinajstić information content (AvgIpc) is 2.90. The summed E-state index contributed by atoms with van der Waals surface area (Å²) >= 11 is 5.98. The van der Waals surface area contributed by atoms with Crippen molar-refractivity contribution in [3.63, 3.8) is 0 Å². The van der Waals surface area contributed by atoms with Gasteiger partial charge in [-0.15, -0.1) is 0 Å². The van der Waals surface area contributed by atoms with Gasteiger partial charge in [0.05, 0.1) is 17.7 Å². The Balaban J connectivity index is 1.99. The largest absolute Gasteiger partial charge is 0.497 e. The molecule has 0 aliphatic heterocycles. The summed E-state index contributed by atoms with van der Waals surface area (Å²) in [4.78, 5) is 27.5. The summed E-state index contributed by atoms with van der Waals surface area (Å²) in [5.41, 5.74) is 1.06. The highest BCUT2D eigenvalue weighted by Gasteiger charge is 2.32. The predicted octanol–water partition coefficient (Wildman–Crippen LogP) is 3.71. The number of benzene rings is 3. The normalized spacial score (nSPS) is 11.9. The molecule has 1 N–H and O–H groups in total. The first-order valence-corrected chi connectivity index (χ1v) is 13.0. The van der Waals surface area contributed by atoms with Crippen LogP contribution in [0.1, 0.15) is 12.5 Å². The fourth-order valence-corrected chi connectivity index (χ4v) is 5.12. The van der Waals surface area contributed by atoms with Crippen LogP contribution in [-0.2, 0) is 26.2 Å². The number of hydrogen-bond acceptors (Lipinski definition) is 5. The number of nitrogens with zero attached hydrogens (tertiary/aromatic N) is 2. The minimum atomic E-state index is -4.13. The molecule has 0 bridgehead atoms. The van der Waals surface area contributed by atoms with E-state index in [1.54, 1.807) is 73.7 Å². The van der Waals surface area contributed by atoms with Crippen molar-refractivity contribution in [3.8, 4) is 5.75 Å². The number of hydrogen-bond donors (Lipinski definition) is 1.